The number of alkyl halides is 1. The van der Waals surface area contributed by atoms with Gasteiger partial charge in [-0.2, -0.15) is 0 Å². The first-order valence-electron chi connectivity index (χ1n) is 10.5. The molecule has 0 fully saturated rings. The highest BCUT2D eigenvalue weighted by Gasteiger charge is 2.23. The first-order chi connectivity index (χ1) is 11.2. The van der Waals surface area contributed by atoms with Crippen molar-refractivity contribution in [2.24, 2.45) is 5.73 Å². The lowest BCUT2D eigenvalue weighted by Crippen LogP contribution is -2.39. The topological polar surface area (TPSA) is 26.0 Å². The van der Waals surface area contributed by atoms with Gasteiger partial charge in [-0.3, -0.25) is 0 Å². The third kappa shape index (κ3) is 18.0. The molecule has 0 aliphatic rings. The van der Waals surface area contributed by atoms with Crippen LogP contribution < -0.4 is 5.73 Å². The van der Waals surface area contributed by atoms with Gasteiger partial charge in [0.15, 0.2) is 0 Å². The van der Waals surface area contributed by atoms with Crippen LogP contribution in [0.2, 0.25) is 0 Å². The zero-order valence-electron chi connectivity index (χ0n) is 16.6. The quantitative estimate of drug-likeness (QED) is 0.110. The van der Waals surface area contributed by atoms with Crippen molar-refractivity contribution in [1.82, 2.24) is 0 Å². The number of rotatable bonds is 18. The second-order valence-corrected chi connectivity index (χ2v) is 8.62. The number of halogens is 2. The van der Waals surface area contributed by atoms with Gasteiger partial charge in [0.2, 0.25) is 0 Å². The molecule has 0 radical (unpaired) electrons. The van der Waals surface area contributed by atoms with Gasteiger partial charge in [0.1, 0.15) is 0 Å². The molecular weight excluding hydrogens is 473 g/mol. The summed E-state index contributed by atoms with van der Waals surface area (Å²) in [7, 11) is 0. The minimum atomic E-state index is 0. The maximum absolute atomic E-state index is 6.82. The largest absolute Gasteiger partial charge is 0.325 e. The molecule has 24 heavy (non-hydrogen) atoms. The van der Waals surface area contributed by atoms with E-state index in [2.05, 4.69) is 36.4 Å². The van der Waals surface area contributed by atoms with Crippen molar-refractivity contribution in [3.8, 4) is 0 Å². The summed E-state index contributed by atoms with van der Waals surface area (Å²) in [6, 6.07) is 0. The second kappa shape index (κ2) is 20.5. The van der Waals surface area contributed by atoms with E-state index in [1.165, 1.54) is 114 Å². The number of hydrogen-bond donors (Lipinski definition) is 1. The molecule has 3 heteroatoms. The van der Waals surface area contributed by atoms with Crippen LogP contribution in [-0.2, 0) is 0 Å². The molecule has 0 aromatic rings. The number of nitrogens with two attached hydrogens (primary N) is 1. The maximum Gasteiger partial charge on any atom is 0.0154 e. The molecule has 0 saturated heterocycles. The Labute approximate surface area is 177 Å². The van der Waals surface area contributed by atoms with Crippen molar-refractivity contribution in [2.45, 2.75) is 129 Å². The van der Waals surface area contributed by atoms with Crippen molar-refractivity contribution in [1.29, 1.82) is 0 Å². The van der Waals surface area contributed by atoms with Gasteiger partial charge in [-0.05, 0) is 30.1 Å². The molecule has 2 N–H and O–H groups in total. The van der Waals surface area contributed by atoms with Gasteiger partial charge in [0.05, 0.1) is 0 Å². The van der Waals surface area contributed by atoms with Crippen molar-refractivity contribution in [3.63, 3.8) is 0 Å². The van der Waals surface area contributed by atoms with Crippen LogP contribution in [0.15, 0.2) is 0 Å². The van der Waals surface area contributed by atoms with E-state index in [1.807, 2.05) is 0 Å². The Morgan fingerprint density at radius 2 is 0.917 bits per heavy atom. The molecule has 0 saturated carbocycles. The van der Waals surface area contributed by atoms with Gasteiger partial charge < -0.3 is 5.73 Å². The molecule has 0 unspecified atom stereocenters. The van der Waals surface area contributed by atoms with Gasteiger partial charge in [0, 0.05) is 5.54 Å². The second-order valence-electron chi connectivity index (χ2n) is 7.54. The van der Waals surface area contributed by atoms with Gasteiger partial charge in [-0.25, -0.2) is 0 Å². The van der Waals surface area contributed by atoms with Crippen LogP contribution in [-0.4, -0.2) is 9.97 Å². The Kier molecular flexibility index (Phi) is 23.4. The predicted molar refractivity (Wildman–Crippen MR) is 126 cm³/mol. The molecule has 0 aliphatic heterocycles. The highest BCUT2D eigenvalue weighted by Crippen LogP contribution is 2.26. The van der Waals surface area contributed by atoms with Crippen molar-refractivity contribution in [2.75, 3.05) is 4.43 Å². The van der Waals surface area contributed by atoms with Crippen molar-refractivity contribution < 1.29 is 0 Å². The summed E-state index contributed by atoms with van der Waals surface area (Å²) in [5.74, 6) is 0. The Bertz CT molecular complexity index is 220. The highest BCUT2D eigenvalue weighted by molar-refractivity contribution is 14.1. The summed E-state index contributed by atoms with van der Waals surface area (Å²) < 4.78 is 1.28. The van der Waals surface area contributed by atoms with Crippen LogP contribution in [0.25, 0.3) is 0 Å². The molecule has 0 aliphatic carbocycles. The number of hydrogen-bond acceptors (Lipinski definition) is 1. The first kappa shape index (κ1) is 27.4. The summed E-state index contributed by atoms with van der Waals surface area (Å²) in [6.07, 6.45) is 23.1. The van der Waals surface area contributed by atoms with Crippen LogP contribution in [0.1, 0.15) is 123 Å². The van der Waals surface area contributed by atoms with E-state index in [-0.39, 0.29) is 22.5 Å². The van der Waals surface area contributed by atoms with Crippen LogP contribution in [0.3, 0.4) is 0 Å². The SMILES string of the molecule is Br.CCCCCCCCC(N)(CCCCI)CCCCCCCC. The molecule has 0 heterocycles. The Morgan fingerprint density at radius 1 is 0.583 bits per heavy atom. The minimum Gasteiger partial charge on any atom is -0.325 e. The lowest BCUT2D eigenvalue weighted by Gasteiger charge is -2.30. The highest BCUT2D eigenvalue weighted by atomic mass is 127. The molecule has 0 rings (SSSR count). The smallest absolute Gasteiger partial charge is 0.0154 e. The van der Waals surface area contributed by atoms with Crippen LogP contribution in [0, 0.1) is 0 Å². The summed E-state index contributed by atoms with van der Waals surface area (Å²) in [6.45, 7) is 4.58. The number of unbranched alkanes of at least 4 members (excludes halogenated alkanes) is 11. The molecule has 148 valence electrons. The Hall–Kier alpha value is 1.17. The molecule has 0 bridgehead atoms. The third-order valence-corrected chi connectivity index (χ3v) is 5.88. The van der Waals surface area contributed by atoms with Gasteiger partial charge in [-0.15, -0.1) is 17.0 Å². The van der Waals surface area contributed by atoms with Crippen LogP contribution in [0.5, 0.6) is 0 Å². The molecule has 0 aromatic carbocycles. The van der Waals surface area contributed by atoms with Gasteiger partial charge in [0.25, 0.3) is 0 Å². The Balaban J connectivity index is 0. The fraction of sp³-hybridized carbons (Fsp3) is 1.00. The van der Waals surface area contributed by atoms with Crippen LogP contribution in [0.4, 0.5) is 0 Å². The lowest BCUT2D eigenvalue weighted by atomic mass is 9.83. The molecule has 0 spiro atoms. The minimum absolute atomic E-state index is 0. The predicted octanol–water partition coefficient (Wildman–Crippen LogP) is 8.37. The fourth-order valence-corrected chi connectivity index (χ4v) is 4.00. The summed E-state index contributed by atoms with van der Waals surface area (Å²) in [5, 5.41) is 0. The van der Waals surface area contributed by atoms with E-state index < -0.39 is 0 Å². The van der Waals surface area contributed by atoms with Crippen molar-refractivity contribution >= 4 is 39.6 Å². The van der Waals surface area contributed by atoms with Crippen molar-refractivity contribution in [3.05, 3.63) is 0 Å². The lowest BCUT2D eigenvalue weighted by molar-refractivity contribution is 0.306. The molecular formula is C21H45BrIN. The van der Waals surface area contributed by atoms with E-state index >= 15 is 0 Å². The maximum atomic E-state index is 6.82. The summed E-state index contributed by atoms with van der Waals surface area (Å²) >= 11 is 2.49. The fourth-order valence-electron chi connectivity index (χ4n) is 3.46. The van der Waals surface area contributed by atoms with E-state index in [9.17, 15) is 0 Å². The third-order valence-electron chi connectivity index (χ3n) is 5.11. The van der Waals surface area contributed by atoms with Crippen LogP contribution >= 0.6 is 39.6 Å². The van der Waals surface area contributed by atoms with E-state index in [0.717, 1.165) is 0 Å². The van der Waals surface area contributed by atoms with Gasteiger partial charge >= 0.3 is 0 Å². The Morgan fingerprint density at radius 3 is 1.29 bits per heavy atom. The average Bonchev–Trinajstić information content (AvgIpc) is 2.54. The van der Waals surface area contributed by atoms with E-state index in [1.54, 1.807) is 0 Å². The first-order valence-corrected chi connectivity index (χ1v) is 12.1. The zero-order valence-corrected chi connectivity index (χ0v) is 20.5. The molecule has 0 amide bonds. The normalized spacial score (nSPS) is 11.5. The average molecular weight is 518 g/mol. The summed E-state index contributed by atoms with van der Waals surface area (Å²) in [4.78, 5) is 0. The van der Waals surface area contributed by atoms with Gasteiger partial charge in [-0.1, -0.05) is 120 Å². The summed E-state index contributed by atoms with van der Waals surface area (Å²) in [5.41, 5.74) is 6.96. The molecule has 1 nitrogen and oxygen atoms in total. The monoisotopic (exact) mass is 517 g/mol. The van der Waals surface area contributed by atoms with E-state index in [0.29, 0.717) is 0 Å². The standard InChI is InChI=1S/C21H44IN.BrH/c1-3-5-7-9-11-13-17-21(23,19-15-16-20-22)18-14-12-10-8-6-4-2;/h3-20,23H2,1-2H3;1H. The molecule has 0 aromatic heterocycles. The van der Waals surface area contributed by atoms with E-state index in [4.69, 9.17) is 5.73 Å². The zero-order chi connectivity index (χ0) is 17.2. The molecule has 0 atom stereocenters.